The zero-order valence-corrected chi connectivity index (χ0v) is 15.3. The topological polar surface area (TPSA) is 60.5 Å². The number of carbonyl (C=O) groups excluding carboxylic acids is 1. The molecule has 0 bridgehead atoms. The number of rotatable bonds is 7. The predicted octanol–water partition coefficient (Wildman–Crippen LogP) is 4.49. The summed E-state index contributed by atoms with van der Waals surface area (Å²) in [7, 11) is 1.55. The van der Waals surface area contributed by atoms with Crippen molar-refractivity contribution in [3.8, 4) is 11.5 Å². The van der Waals surface area contributed by atoms with Gasteiger partial charge in [-0.25, -0.2) is 0 Å². The molecular formula is C19H21ClN2O3. The van der Waals surface area contributed by atoms with Crippen molar-refractivity contribution in [1.82, 2.24) is 4.98 Å². The lowest BCUT2D eigenvalue weighted by Gasteiger charge is -2.12. The van der Waals surface area contributed by atoms with Crippen LogP contribution in [0, 0.1) is 6.92 Å². The molecular weight excluding hydrogens is 340 g/mol. The number of nitrogens with one attached hydrogen (secondary N) is 1. The van der Waals surface area contributed by atoms with Crippen LogP contribution in [0.4, 0.5) is 5.69 Å². The second kappa shape index (κ2) is 9.08. The first-order valence-electron chi connectivity index (χ1n) is 7.95. The molecule has 0 atom stereocenters. The van der Waals surface area contributed by atoms with E-state index in [4.69, 9.17) is 21.1 Å². The van der Waals surface area contributed by atoms with Crippen LogP contribution in [0.15, 0.2) is 36.7 Å². The Balaban J connectivity index is 2.13. The first-order valence-corrected chi connectivity index (χ1v) is 8.33. The fourth-order valence-electron chi connectivity index (χ4n) is 2.12. The Bertz CT molecular complexity index is 775. The summed E-state index contributed by atoms with van der Waals surface area (Å²) in [6, 6.07) is 5.34. The summed E-state index contributed by atoms with van der Waals surface area (Å²) in [5.41, 5.74) is 2.36. The number of carbonyl (C=O) groups is 1. The highest BCUT2D eigenvalue weighted by Gasteiger charge is 2.11. The largest absolute Gasteiger partial charge is 0.493 e. The average molecular weight is 361 g/mol. The number of aromatic nitrogens is 1. The first kappa shape index (κ1) is 18.8. The van der Waals surface area contributed by atoms with Gasteiger partial charge in [-0.15, -0.1) is 0 Å². The Kier molecular flexibility index (Phi) is 6.83. The fraction of sp³-hybridized carbons (Fsp3) is 0.263. The molecule has 0 radical (unpaired) electrons. The van der Waals surface area contributed by atoms with E-state index >= 15 is 0 Å². The molecule has 1 aromatic carbocycles. The summed E-state index contributed by atoms with van der Waals surface area (Å²) in [6.07, 6.45) is 7.26. The van der Waals surface area contributed by atoms with Crippen LogP contribution in [-0.2, 0) is 4.79 Å². The average Bonchev–Trinajstić information content (AvgIpc) is 2.60. The van der Waals surface area contributed by atoms with Crippen molar-refractivity contribution in [1.29, 1.82) is 0 Å². The summed E-state index contributed by atoms with van der Waals surface area (Å²) < 4.78 is 10.9. The van der Waals surface area contributed by atoms with Crippen LogP contribution < -0.4 is 14.8 Å². The lowest BCUT2D eigenvalue weighted by molar-refractivity contribution is -0.111. The maximum absolute atomic E-state index is 12.1. The second-order valence-electron chi connectivity index (χ2n) is 5.40. The number of nitrogens with zero attached hydrogens (tertiary/aromatic N) is 1. The van der Waals surface area contributed by atoms with Gasteiger partial charge in [-0.05, 0) is 48.7 Å². The highest BCUT2D eigenvalue weighted by Crippen LogP contribution is 2.36. The van der Waals surface area contributed by atoms with Gasteiger partial charge in [-0.1, -0.05) is 18.5 Å². The Hall–Kier alpha value is -2.53. The van der Waals surface area contributed by atoms with Crippen molar-refractivity contribution in [2.45, 2.75) is 20.3 Å². The summed E-state index contributed by atoms with van der Waals surface area (Å²) >= 11 is 6.27. The van der Waals surface area contributed by atoms with E-state index in [2.05, 4.69) is 10.3 Å². The summed E-state index contributed by atoms with van der Waals surface area (Å²) in [5.74, 6) is 0.792. The number of amides is 1. The minimum Gasteiger partial charge on any atom is -0.493 e. The van der Waals surface area contributed by atoms with Gasteiger partial charge < -0.3 is 14.8 Å². The minimum absolute atomic E-state index is 0.252. The maximum atomic E-state index is 12.1. The summed E-state index contributed by atoms with van der Waals surface area (Å²) in [6.45, 7) is 4.47. The number of benzene rings is 1. The van der Waals surface area contributed by atoms with Crippen LogP contribution in [0.3, 0.4) is 0 Å². The van der Waals surface area contributed by atoms with E-state index in [0.29, 0.717) is 28.8 Å². The number of anilines is 1. The smallest absolute Gasteiger partial charge is 0.248 e. The molecule has 0 unspecified atom stereocenters. The fourth-order valence-corrected chi connectivity index (χ4v) is 2.40. The Morgan fingerprint density at radius 1 is 1.40 bits per heavy atom. The van der Waals surface area contributed by atoms with Crippen LogP contribution >= 0.6 is 11.6 Å². The molecule has 1 heterocycles. The third-order valence-corrected chi connectivity index (χ3v) is 3.71. The lowest BCUT2D eigenvalue weighted by Crippen LogP contribution is -2.09. The molecule has 5 nitrogen and oxygen atoms in total. The number of hydrogen-bond acceptors (Lipinski definition) is 4. The molecule has 25 heavy (non-hydrogen) atoms. The number of aryl methyl sites for hydroxylation is 1. The molecule has 1 amide bonds. The molecule has 0 aliphatic heterocycles. The van der Waals surface area contributed by atoms with E-state index in [1.54, 1.807) is 37.7 Å². The lowest BCUT2D eigenvalue weighted by atomic mass is 10.2. The maximum Gasteiger partial charge on any atom is 0.248 e. The Morgan fingerprint density at radius 2 is 2.20 bits per heavy atom. The zero-order valence-electron chi connectivity index (χ0n) is 14.5. The molecule has 0 saturated carbocycles. The van der Waals surface area contributed by atoms with Crippen molar-refractivity contribution < 1.29 is 14.3 Å². The van der Waals surface area contributed by atoms with Crippen LogP contribution in [-0.4, -0.2) is 24.6 Å². The monoisotopic (exact) mass is 360 g/mol. The van der Waals surface area contributed by atoms with Crippen LogP contribution in [0.2, 0.25) is 5.02 Å². The van der Waals surface area contributed by atoms with Crippen molar-refractivity contribution in [2.24, 2.45) is 0 Å². The Morgan fingerprint density at radius 3 is 2.88 bits per heavy atom. The Labute approximate surface area is 152 Å². The number of methoxy groups -OCH3 is 1. The predicted molar refractivity (Wildman–Crippen MR) is 100 cm³/mol. The van der Waals surface area contributed by atoms with Gasteiger partial charge in [-0.3, -0.25) is 9.78 Å². The van der Waals surface area contributed by atoms with Crippen molar-refractivity contribution in [3.05, 3.63) is 52.8 Å². The van der Waals surface area contributed by atoms with Gasteiger partial charge in [0.15, 0.2) is 11.5 Å². The van der Waals surface area contributed by atoms with E-state index < -0.39 is 0 Å². The van der Waals surface area contributed by atoms with E-state index in [0.717, 1.165) is 17.5 Å². The number of halogens is 1. The molecule has 2 aromatic rings. The van der Waals surface area contributed by atoms with E-state index in [1.165, 1.54) is 6.08 Å². The number of pyridine rings is 1. The number of hydrogen-bond donors (Lipinski definition) is 1. The molecule has 6 heteroatoms. The van der Waals surface area contributed by atoms with Crippen LogP contribution in [0.5, 0.6) is 11.5 Å². The quantitative estimate of drug-likeness (QED) is 0.739. The molecule has 0 spiro atoms. The normalized spacial score (nSPS) is 10.7. The van der Waals surface area contributed by atoms with Gasteiger partial charge >= 0.3 is 0 Å². The highest BCUT2D eigenvalue weighted by atomic mass is 35.5. The molecule has 0 aliphatic rings. The third-order valence-electron chi connectivity index (χ3n) is 3.43. The SMILES string of the molecule is CCCOc1c(Cl)cc(C=CC(=O)Nc2cnccc2C)cc1OC. The standard InChI is InChI=1S/C19H21ClN2O3/c1-4-9-25-19-15(20)10-14(11-17(19)24-3)5-6-18(23)22-16-12-21-8-7-13(16)2/h5-8,10-12H,4,9H2,1-3H3,(H,22,23). The van der Waals surface area contributed by atoms with Crippen LogP contribution in [0.25, 0.3) is 6.08 Å². The molecule has 1 aromatic heterocycles. The number of ether oxygens (including phenoxy) is 2. The van der Waals surface area contributed by atoms with Gasteiger partial charge in [0, 0.05) is 12.3 Å². The minimum atomic E-state index is -0.252. The summed E-state index contributed by atoms with van der Waals surface area (Å²) in [5, 5.41) is 3.23. The van der Waals surface area contributed by atoms with Crippen LogP contribution in [0.1, 0.15) is 24.5 Å². The third kappa shape index (κ3) is 5.22. The van der Waals surface area contributed by atoms with Gasteiger partial charge in [0.05, 0.1) is 30.6 Å². The second-order valence-corrected chi connectivity index (χ2v) is 5.80. The molecule has 2 rings (SSSR count). The van der Waals surface area contributed by atoms with Crippen molar-refractivity contribution >= 4 is 29.3 Å². The van der Waals surface area contributed by atoms with Gasteiger partial charge in [0.25, 0.3) is 0 Å². The van der Waals surface area contributed by atoms with Gasteiger partial charge in [0.1, 0.15) is 0 Å². The van der Waals surface area contributed by atoms with E-state index in [-0.39, 0.29) is 5.91 Å². The molecule has 0 aliphatic carbocycles. The van der Waals surface area contributed by atoms with Gasteiger partial charge in [0.2, 0.25) is 5.91 Å². The molecule has 1 N–H and O–H groups in total. The van der Waals surface area contributed by atoms with E-state index in [1.807, 2.05) is 19.9 Å². The summed E-state index contributed by atoms with van der Waals surface area (Å²) in [4.78, 5) is 16.1. The first-order chi connectivity index (χ1) is 12.0. The zero-order chi connectivity index (χ0) is 18.2. The van der Waals surface area contributed by atoms with Crippen molar-refractivity contribution in [2.75, 3.05) is 19.0 Å². The van der Waals surface area contributed by atoms with Crippen molar-refractivity contribution in [3.63, 3.8) is 0 Å². The molecule has 132 valence electrons. The highest BCUT2D eigenvalue weighted by molar-refractivity contribution is 6.32. The van der Waals surface area contributed by atoms with Gasteiger partial charge in [-0.2, -0.15) is 0 Å². The molecule has 0 saturated heterocycles. The molecule has 0 fully saturated rings. The van der Waals surface area contributed by atoms with E-state index in [9.17, 15) is 4.79 Å².